The lowest BCUT2D eigenvalue weighted by atomic mass is 9.86. The lowest BCUT2D eigenvalue weighted by molar-refractivity contribution is -0.0400. The van der Waals surface area contributed by atoms with Crippen LogP contribution in [0.15, 0.2) is 29.4 Å². The van der Waals surface area contributed by atoms with E-state index in [1.807, 2.05) is 24.3 Å². The van der Waals surface area contributed by atoms with E-state index in [-0.39, 0.29) is 30.4 Å². The molecule has 2 heterocycles. The fourth-order valence-electron chi connectivity index (χ4n) is 2.47. The predicted octanol–water partition coefficient (Wildman–Crippen LogP) is 3.43. The van der Waals surface area contributed by atoms with Crippen molar-refractivity contribution in [2.75, 3.05) is 13.1 Å². The molecule has 19 heavy (non-hydrogen) atoms. The van der Waals surface area contributed by atoms with Gasteiger partial charge in [0.25, 0.3) is 0 Å². The number of hydrogen-bond donors (Lipinski definition) is 1. The summed E-state index contributed by atoms with van der Waals surface area (Å²) >= 11 is 5.88. The first-order valence-electron chi connectivity index (χ1n) is 5.99. The van der Waals surface area contributed by atoms with Gasteiger partial charge in [-0.15, -0.1) is 24.8 Å². The van der Waals surface area contributed by atoms with Gasteiger partial charge in [-0.25, -0.2) is 0 Å². The van der Waals surface area contributed by atoms with Crippen molar-refractivity contribution >= 4 is 42.1 Å². The van der Waals surface area contributed by atoms with E-state index in [4.69, 9.17) is 16.4 Å². The molecule has 0 radical (unpaired) electrons. The summed E-state index contributed by atoms with van der Waals surface area (Å²) in [5.74, 6) is 0. The van der Waals surface area contributed by atoms with E-state index in [0.717, 1.165) is 48.6 Å². The van der Waals surface area contributed by atoms with E-state index in [1.165, 1.54) is 0 Å². The third kappa shape index (κ3) is 3.54. The van der Waals surface area contributed by atoms with Crippen molar-refractivity contribution in [1.82, 2.24) is 5.32 Å². The summed E-state index contributed by atoms with van der Waals surface area (Å²) in [6, 6.07) is 7.80. The zero-order valence-corrected chi connectivity index (χ0v) is 12.8. The molecule has 106 valence electrons. The van der Waals surface area contributed by atoms with Gasteiger partial charge in [0.15, 0.2) is 0 Å². The number of piperidine rings is 1. The molecule has 0 unspecified atom stereocenters. The Morgan fingerprint density at radius 3 is 2.37 bits per heavy atom. The quantitative estimate of drug-likeness (QED) is 0.859. The van der Waals surface area contributed by atoms with Crippen LogP contribution in [0.1, 0.15) is 24.8 Å². The maximum absolute atomic E-state index is 5.88. The van der Waals surface area contributed by atoms with Crippen LogP contribution in [0.3, 0.4) is 0 Å². The minimum Gasteiger partial charge on any atom is -0.388 e. The van der Waals surface area contributed by atoms with Gasteiger partial charge in [-0.2, -0.15) is 0 Å². The second-order valence-corrected chi connectivity index (χ2v) is 5.18. The molecule has 1 N–H and O–H groups in total. The van der Waals surface area contributed by atoms with Gasteiger partial charge >= 0.3 is 0 Å². The Morgan fingerprint density at radius 1 is 1.11 bits per heavy atom. The molecule has 0 amide bonds. The molecule has 1 aromatic carbocycles. The number of nitrogens with one attached hydrogen (secondary N) is 1. The predicted molar refractivity (Wildman–Crippen MR) is 83.0 cm³/mol. The van der Waals surface area contributed by atoms with Crippen LogP contribution in [0.2, 0.25) is 5.02 Å². The van der Waals surface area contributed by atoms with Gasteiger partial charge in [0, 0.05) is 24.3 Å². The highest BCUT2D eigenvalue weighted by atomic mass is 35.5. The van der Waals surface area contributed by atoms with E-state index in [9.17, 15) is 0 Å². The highest BCUT2D eigenvalue weighted by Crippen LogP contribution is 2.34. The molecule has 1 fully saturated rings. The molecule has 1 saturated heterocycles. The summed E-state index contributed by atoms with van der Waals surface area (Å²) < 4.78 is 0. The van der Waals surface area contributed by atoms with Gasteiger partial charge in [-0.3, -0.25) is 0 Å². The number of rotatable bonds is 1. The average Bonchev–Trinajstić information content (AvgIpc) is 2.75. The van der Waals surface area contributed by atoms with Gasteiger partial charge < -0.3 is 10.2 Å². The lowest BCUT2D eigenvalue weighted by Gasteiger charge is -2.30. The minimum absolute atomic E-state index is 0. The molecule has 3 nitrogen and oxygen atoms in total. The van der Waals surface area contributed by atoms with Crippen LogP contribution in [0.5, 0.6) is 0 Å². The second-order valence-electron chi connectivity index (χ2n) is 4.75. The zero-order valence-electron chi connectivity index (χ0n) is 10.4. The van der Waals surface area contributed by atoms with Crippen LogP contribution >= 0.6 is 36.4 Å². The zero-order chi connectivity index (χ0) is 11.7. The van der Waals surface area contributed by atoms with Crippen LogP contribution in [-0.2, 0) is 4.84 Å². The maximum atomic E-state index is 5.88. The molecule has 1 spiro atoms. The first-order valence-corrected chi connectivity index (χ1v) is 6.37. The van der Waals surface area contributed by atoms with E-state index in [2.05, 4.69) is 10.5 Å². The molecule has 2 aliphatic rings. The Kier molecular flexibility index (Phi) is 5.93. The number of nitrogens with zero attached hydrogens (tertiary/aromatic N) is 1. The summed E-state index contributed by atoms with van der Waals surface area (Å²) in [5, 5.41) is 8.36. The molecule has 6 heteroatoms. The lowest BCUT2D eigenvalue weighted by Crippen LogP contribution is -2.42. The summed E-state index contributed by atoms with van der Waals surface area (Å²) in [5.41, 5.74) is 2.11. The molecule has 3 rings (SSSR count). The Balaban J connectivity index is 0.000000902. The van der Waals surface area contributed by atoms with E-state index in [0.29, 0.717) is 0 Å². The van der Waals surface area contributed by atoms with Crippen LogP contribution < -0.4 is 5.32 Å². The Bertz CT molecular complexity index is 442. The fourth-order valence-corrected chi connectivity index (χ4v) is 2.60. The summed E-state index contributed by atoms with van der Waals surface area (Å²) in [7, 11) is 0. The third-order valence-corrected chi connectivity index (χ3v) is 3.78. The SMILES string of the molecule is Cl.Cl.Clc1ccc(C2=NOC3(CCNCC3)C2)cc1. The van der Waals surface area contributed by atoms with Crippen LogP contribution in [-0.4, -0.2) is 24.4 Å². The normalized spacial score (nSPS) is 19.9. The summed E-state index contributed by atoms with van der Waals surface area (Å²) in [4.78, 5) is 5.69. The van der Waals surface area contributed by atoms with Gasteiger partial charge in [0.2, 0.25) is 0 Å². The first kappa shape index (κ1) is 16.6. The minimum atomic E-state index is -0.0553. The standard InChI is InChI=1S/C13H15ClN2O.2ClH/c14-11-3-1-10(2-4-11)12-9-13(17-16-12)5-7-15-8-6-13;;/h1-4,15H,5-9H2;2*1H. The number of oxime groups is 1. The molecule has 1 aromatic rings. The molecular weight excluding hydrogens is 307 g/mol. The first-order chi connectivity index (χ1) is 8.27. The van der Waals surface area contributed by atoms with Crippen molar-refractivity contribution in [3.8, 4) is 0 Å². The highest BCUT2D eigenvalue weighted by molar-refractivity contribution is 6.30. The molecule has 0 atom stereocenters. The number of halogens is 3. The molecule has 0 saturated carbocycles. The fraction of sp³-hybridized carbons (Fsp3) is 0.462. The Labute approximate surface area is 130 Å². The number of benzene rings is 1. The summed E-state index contributed by atoms with van der Waals surface area (Å²) in [6.45, 7) is 2.03. The van der Waals surface area contributed by atoms with Crippen LogP contribution in [0.4, 0.5) is 0 Å². The molecule has 0 bridgehead atoms. The van der Waals surface area contributed by atoms with Crippen molar-refractivity contribution in [3.05, 3.63) is 34.9 Å². The monoisotopic (exact) mass is 322 g/mol. The van der Waals surface area contributed by atoms with Crippen molar-refractivity contribution < 1.29 is 4.84 Å². The Morgan fingerprint density at radius 2 is 1.74 bits per heavy atom. The topological polar surface area (TPSA) is 33.6 Å². The van der Waals surface area contributed by atoms with Gasteiger partial charge in [-0.1, -0.05) is 28.9 Å². The summed E-state index contributed by atoms with van der Waals surface area (Å²) in [6.07, 6.45) is 2.98. The van der Waals surface area contributed by atoms with E-state index in [1.54, 1.807) is 0 Å². The maximum Gasteiger partial charge on any atom is 0.145 e. The smallest absolute Gasteiger partial charge is 0.145 e. The van der Waals surface area contributed by atoms with Crippen LogP contribution in [0.25, 0.3) is 0 Å². The largest absolute Gasteiger partial charge is 0.388 e. The van der Waals surface area contributed by atoms with Crippen molar-refractivity contribution in [1.29, 1.82) is 0 Å². The third-order valence-electron chi connectivity index (χ3n) is 3.53. The van der Waals surface area contributed by atoms with Gasteiger partial charge in [-0.05, 0) is 30.8 Å². The highest BCUT2D eigenvalue weighted by Gasteiger charge is 2.40. The molecular formula is C13H17Cl3N2O. The van der Waals surface area contributed by atoms with Crippen molar-refractivity contribution in [2.45, 2.75) is 24.9 Å². The molecule has 2 aliphatic heterocycles. The second kappa shape index (κ2) is 6.80. The number of hydrogen-bond acceptors (Lipinski definition) is 3. The van der Waals surface area contributed by atoms with E-state index < -0.39 is 0 Å². The average molecular weight is 324 g/mol. The Hall–Kier alpha value is -0.480. The van der Waals surface area contributed by atoms with Crippen LogP contribution in [0, 0.1) is 0 Å². The van der Waals surface area contributed by atoms with Gasteiger partial charge in [0.1, 0.15) is 5.60 Å². The van der Waals surface area contributed by atoms with Gasteiger partial charge in [0.05, 0.1) is 5.71 Å². The van der Waals surface area contributed by atoms with E-state index >= 15 is 0 Å². The van der Waals surface area contributed by atoms with Crippen molar-refractivity contribution in [2.24, 2.45) is 5.16 Å². The van der Waals surface area contributed by atoms with Crippen molar-refractivity contribution in [3.63, 3.8) is 0 Å². The molecule has 0 aliphatic carbocycles. The molecule has 0 aromatic heterocycles.